The predicted molar refractivity (Wildman–Crippen MR) is 69.5 cm³/mol. The Kier molecular flexibility index (Phi) is 5.95. The van der Waals surface area contributed by atoms with E-state index in [4.69, 9.17) is 10.8 Å². The maximum atomic E-state index is 11.5. The summed E-state index contributed by atoms with van der Waals surface area (Å²) in [7, 11) is 0. The molecule has 1 rings (SSSR count). The fourth-order valence-corrected chi connectivity index (χ4v) is 1.43. The highest BCUT2D eigenvalue weighted by Gasteiger charge is 2.20. The van der Waals surface area contributed by atoms with E-state index >= 15 is 0 Å². The Hall–Kier alpha value is -2.64. The highest BCUT2D eigenvalue weighted by atomic mass is 16.4. The van der Waals surface area contributed by atoms with Crippen LogP contribution in [-0.2, 0) is 16.1 Å². The largest absolute Gasteiger partial charge is 0.480 e. The van der Waals surface area contributed by atoms with E-state index in [1.54, 1.807) is 24.4 Å². The minimum Gasteiger partial charge on any atom is -0.480 e. The quantitative estimate of drug-likeness (QED) is 0.539. The SMILES string of the molecule is NC(=O)CC[C@H](NC(=O)NCc1ccccn1)C(=O)O. The van der Waals surface area contributed by atoms with E-state index in [0.29, 0.717) is 5.69 Å². The molecule has 0 saturated heterocycles. The summed E-state index contributed by atoms with van der Waals surface area (Å²) in [5.41, 5.74) is 5.58. The zero-order valence-electron chi connectivity index (χ0n) is 10.7. The van der Waals surface area contributed by atoms with Crippen molar-refractivity contribution >= 4 is 17.9 Å². The van der Waals surface area contributed by atoms with E-state index in [0.717, 1.165) is 0 Å². The van der Waals surface area contributed by atoms with Gasteiger partial charge in [0.1, 0.15) is 6.04 Å². The Labute approximate surface area is 115 Å². The van der Waals surface area contributed by atoms with E-state index < -0.39 is 23.9 Å². The fraction of sp³-hybridized carbons (Fsp3) is 0.333. The van der Waals surface area contributed by atoms with Crippen molar-refractivity contribution in [1.82, 2.24) is 15.6 Å². The molecule has 8 heteroatoms. The Bertz CT molecular complexity index is 478. The summed E-state index contributed by atoms with van der Waals surface area (Å²) in [4.78, 5) is 37.1. The number of aromatic nitrogens is 1. The topological polar surface area (TPSA) is 134 Å². The number of hydrogen-bond acceptors (Lipinski definition) is 4. The number of rotatable bonds is 7. The molecule has 20 heavy (non-hydrogen) atoms. The molecule has 0 aliphatic carbocycles. The molecule has 0 bridgehead atoms. The first kappa shape index (κ1) is 15.4. The van der Waals surface area contributed by atoms with E-state index in [2.05, 4.69) is 15.6 Å². The first-order chi connectivity index (χ1) is 9.49. The lowest BCUT2D eigenvalue weighted by molar-refractivity contribution is -0.139. The van der Waals surface area contributed by atoms with Crippen molar-refractivity contribution in [2.24, 2.45) is 5.73 Å². The summed E-state index contributed by atoms with van der Waals surface area (Å²) < 4.78 is 0. The van der Waals surface area contributed by atoms with Crippen LogP contribution in [-0.4, -0.2) is 34.0 Å². The molecule has 1 heterocycles. The number of aliphatic carboxylic acids is 1. The summed E-state index contributed by atoms with van der Waals surface area (Å²) >= 11 is 0. The number of nitrogens with two attached hydrogens (primary N) is 1. The number of primary amides is 1. The third kappa shape index (κ3) is 5.80. The Morgan fingerprint density at radius 1 is 1.35 bits per heavy atom. The first-order valence-corrected chi connectivity index (χ1v) is 5.94. The van der Waals surface area contributed by atoms with Gasteiger partial charge < -0.3 is 21.5 Å². The van der Waals surface area contributed by atoms with Gasteiger partial charge in [-0.1, -0.05) is 6.07 Å². The summed E-state index contributed by atoms with van der Waals surface area (Å²) in [5, 5.41) is 13.7. The van der Waals surface area contributed by atoms with Crippen LogP contribution in [0.4, 0.5) is 4.79 Å². The van der Waals surface area contributed by atoms with Crippen LogP contribution >= 0.6 is 0 Å². The summed E-state index contributed by atoms with van der Waals surface area (Å²) in [6, 6.07) is 3.43. The number of pyridine rings is 1. The Morgan fingerprint density at radius 3 is 2.65 bits per heavy atom. The second kappa shape index (κ2) is 7.72. The molecule has 0 fully saturated rings. The molecule has 108 valence electrons. The van der Waals surface area contributed by atoms with E-state index in [-0.39, 0.29) is 19.4 Å². The monoisotopic (exact) mass is 280 g/mol. The molecule has 0 unspecified atom stereocenters. The van der Waals surface area contributed by atoms with Crippen molar-refractivity contribution in [2.45, 2.75) is 25.4 Å². The molecule has 1 aromatic rings. The lowest BCUT2D eigenvalue weighted by Gasteiger charge is -2.14. The number of urea groups is 1. The lowest BCUT2D eigenvalue weighted by atomic mass is 10.1. The van der Waals surface area contributed by atoms with Crippen molar-refractivity contribution in [2.75, 3.05) is 0 Å². The summed E-state index contributed by atoms with van der Waals surface area (Å²) in [6.07, 6.45) is 1.42. The van der Waals surface area contributed by atoms with Crippen molar-refractivity contribution in [3.05, 3.63) is 30.1 Å². The molecule has 1 atom stereocenters. The van der Waals surface area contributed by atoms with Gasteiger partial charge in [-0.25, -0.2) is 9.59 Å². The van der Waals surface area contributed by atoms with Crippen LogP contribution in [0.5, 0.6) is 0 Å². The van der Waals surface area contributed by atoms with Gasteiger partial charge in [0.15, 0.2) is 0 Å². The molecule has 0 aliphatic rings. The third-order valence-electron chi connectivity index (χ3n) is 2.44. The minimum atomic E-state index is -1.22. The normalized spacial score (nSPS) is 11.4. The molecular formula is C12H16N4O4. The number of carbonyl (C=O) groups is 3. The highest BCUT2D eigenvalue weighted by molar-refractivity contribution is 5.83. The number of hydrogen-bond donors (Lipinski definition) is 4. The van der Waals surface area contributed by atoms with Crippen molar-refractivity contribution in [3.63, 3.8) is 0 Å². The van der Waals surface area contributed by atoms with Gasteiger partial charge in [-0.2, -0.15) is 0 Å². The summed E-state index contributed by atoms with van der Waals surface area (Å²) in [5.74, 6) is -1.84. The van der Waals surface area contributed by atoms with Gasteiger partial charge in [-0.3, -0.25) is 9.78 Å². The van der Waals surface area contributed by atoms with Crippen LogP contribution in [0.3, 0.4) is 0 Å². The first-order valence-electron chi connectivity index (χ1n) is 5.94. The lowest BCUT2D eigenvalue weighted by Crippen LogP contribution is -2.46. The molecule has 0 spiro atoms. The smallest absolute Gasteiger partial charge is 0.326 e. The van der Waals surface area contributed by atoms with Gasteiger partial charge in [0.2, 0.25) is 5.91 Å². The van der Waals surface area contributed by atoms with Crippen LogP contribution in [0.2, 0.25) is 0 Å². The second-order valence-electron chi connectivity index (χ2n) is 4.04. The number of nitrogens with zero attached hydrogens (tertiary/aromatic N) is 1. The van der Waals surface area contributed by atoms with Crippen molar-refractivity contribution in [3.8, 4) is 0 Å². The van der Waals surface area contributed by atoms with Crippen molar-refractivity contribution < 1.29 is 19.5 Å². The zero-order chi connectivity index (χ0) is 15.0. The maximum Gasteiger partial charge on any atom is 0.326 e. The van der Waals surface area contributed by atoms with E-state index in [1.807, 2.05) is 0 Å². The molecule has 0 aromatic carbocycles. The molecule has 8 nitrogen and oxygen atoms in total. The highest BCUT2D eigenvalue weighted by Crippen LogP contribution is 1.98. The van der Waals surface area contributed by atoms with Crippen LogP contribution in [0, 0.1) is 0 Å². The Balaban J connectivity index is 2.41. The molecule has 0 saturated carbocycles. The average molecular weight is 280 g/mol. The molecule has 0 radical (unpaired) electrons. The number of nitrogens with one attached hydrogen (secondary N) is 2. The van der Waals surface area contributed by atoms with E-state index in [9.17, 15) is 14.4 Å². The number of amides is 3. The Morgan fingerprint density at radius 2 is 2.10 bits per heavy atom. The van der Waals surface area contributed by atoms with Gasteiger partial charge in [0.05, 0.1) is 12.2 Å². The van der Waals surface area contributed by atoms with Gasteiger partial charge in [-0.15, -0.1) is 0 Å². The molecular weight excluding hydrogens is 264 g/mol. The standard InChI is InChI=1S/C12H16N4O4/c13-10(17)5-4-9(11(18)19)16-12(20)15-7-8-3-1-2-6-14-8/h1-3,6,9H,4-5,7H2,(H2,13,17)(H,18,19)(H2,15,16,20)/t9-/m0/s1. The zero-order valence-corrected chi connectivity index (χ0v) is 10.7. The van der Waals surface area contributed by atoms with Crippen LogP contribution in [0.1, 0.15) is 18.5 Å². The molecule has 3 amide bonds. The second-order valence-corrected chi connectivity index (χ2v) is 4.04. The predicted octanol–water partition coefficient (Wildman–Crippen LogP) is -0.401. The van der Waals surface area contributed by atoms with Crippen LogP contribution in [0.15, 0.2) is 24.4 Å². The summed E-state index contributed by atoms with van der Waals surface area (Å²) in [6.45, 7) is 0.175. The van der Waals surface area contributed by atoms with Gasteiger partial charge in [-0.05, 0) is 18.6 Å². The van der Waals surface area contributed by atoms with Crippen LogP contribution < -0.4 is 16.4 Å². The average Bonchev–Trinajstić information content (AvgIpc) is 2.41. The van der Waals surface area contributed by atoms with Gasteiger partial charge in [0.25, 0.3) is 0 Å². The third-order valence-corrected chi connectivity index (χ3v) is 2.44. The van der Waals surface area contributed by atoms with Gasteiger partial charge in [0, 0.05) is 12.6 Å². The fourth-order valence-electron chi connectivity index (χ4n) is 1.43. The van der Waals surface area contributed by atoms with Crippen molar-refractivity contribution in [1.29, 1.82) is 0 Å². The minimum absolute atomic E-state index is 0.0539. The number of carboxylic acid groups (broad SMARTS) is 1. The van der Waals surface area contributed by atoms with Gasteiger partial charge >= 0.3 is 12.0 Å². The molecule has 1 aromatic heterocycles. The molecule has 5 N–H and O–H groups in total. The number of carboxylic acids is 1. The number of carbonyl (C=O) groups excluding carboxylic acids is 2. The maximum absolute atomic E-state index is 11.5. The molecule has 0 aliphatic heterocycles. The van der Waals surface area contributed by atoms with E-state index in [1.165, 1.54) is 0 Å². The van der Waals surface area contributed by atoms with Crippen LogP contribution in [0.25, 0.3) is 0 Å².